The number of anilines is 1. The molecule has 2 atom stereocenters. The molecule has 4 heterocycles. The number of likely N-dealkylation sites (tertiary alicyclic amines) is 1. The van der Waals surface area contributed by atoms with Gasteiger partial charge in [0.25, 0.3) is 5.91 Å². The zero-order valence-corrected chi connectivity index (χ0v) is 21.7. The summed E-state index contributed by atoms with van der Waals surface area (Å²) < 4.78 is 35.3. The molecule has 9 nitrogen and oxygen atoms in total. The molecule has 2 saturated heterocycles. The molecule has 2 aliphatic rings. The predicted molar refractivity (Wildman–Crippen MR) is 137 cm³/mol. The lowest BCUT2D eigenvalue weighted by Gasteiger charge is -2.33. The van der Waals surface area contributed by atoms with E-state index >= 15 is 0 Å². The van der Waals surface area contributed by atoms with Gasteiger partial charge in [-0.2, -0.15) is 5.10 Å². The summed E-state index contributed by atoms with van der Waals surface area (Å²) in [6.07, 6.45) is 3.14. The summed E-state index contributed by atoms with van der Waals surface area (Å²) in [5, 5.41) is 7.29. The van der Waals surface area contributed by atoms with Crippen LogP contribution in [0.5, 0.6) is 0 Å². The largest absolute Gasteiger partial charge is 0.444 e. The average Bonchev–Trinajstić information content (AvgIpc) is 3.46. The van der Waals surface area contributed by atoms with Crippen LogP contribution in [0.4, 0.5) is 19.4 Å². The molecular weight excluding hydrogens is 494 g/mol. The van der Waals surface area contributed by atoms with Crippen molar-refractivity contribution in [2.75, 3.05) is 24.5 Å². The Labute approximate surface area is 219 Å². The third kappa shape index (κ3) is 5.56. The Bertz CT molecular complexity index is 1330. The van der Waals surface area contributed by atoms with Gasteiger partial charge in [0.1, 0.15) is 29.0 Å². The second-order valence-electron chi connectivity index (χ2n) is 10.9. The molecule has 0 saturated carbocycles. The van der Waals surface area contributed by atoms with Gasteiger partial charge < -0.3 is 19.9 Å². The van der Waals surface area contributed by atoms with E-state index in [2.05, 4.69) is 15.4 Å². The molecule has 2 aromatic heterocycles. The number of amides is 2. The number of aromatic nitrogens is 3. The highest BCUT2D eigenvalue weighted by atomic mass is 19.1. The van der Waals surface area contributed by atoms with E-state index < -0.39 is 11.8 Å². The number of nitrogens with zero attached hydrogens (tertiary/aromatic N) is 5. The van der Waals surface area contributed by atoms with Gasteiger partial charge >= 0.3 is 6.09 Å². The zero-order valence-electron chi connectivity index (χ0n) is 21.7. The quantitative estimate of drug-likeness (QED) is 0.546. The standard InChI is InChI=1S/C27H32F2N6O3/c1-27(2,3)38-26(37)33-10-7-20(8-11-33)31-25(36)21-15-30-35-12-9-23(32-24(21)35)34-16-19(29)14-22(34)17-5-4-6-18(28)13-17/h4-6,9,12-13,15,19-20,22H,7-8,10-11,14,16H2,1-3H3,(H,31,36)/t19-,22?/m0/s1. The fraction of sp³-hybridized carbons (Fsp3) is 0.481. The molecule has 38 heavy (non-hydrogen) atoms. The lowest BCUT2D eigenvalue weighted by molar-refractivity contribution is 0.0199. The highest BCUT2D eigenvalue weighted by Crippen LogP contribution is 2.37. The second kappa shape index (κ2) is 10.2. The number of ether oxygens (including phenoxy) is 1. The highest BCUT2D eigenvalue weighted by Gasteiger charge is 2.35. The van der Waals surface area contributed by atoms with E-state index in [4.69, 9.17) is 4.74 Å². The van der Waals surface area contributed by atoms with Gasteiger partial charge in [0.05, 0.1) is 18.8 Å². The van der Waals surface area contributed by atoms with E-state index in [0.717, 1.165) is 0 Å². The zero-order chi connectivity index (χ0) is 27.0. The van der Waals surface area contributed by atoms with Gasteiger partial charge in [-0.25, -0.2) is 23.1 Å². The molecule has 2 fully saturated rings. The van der Waals surface area contributed by atoms with E-state index in [0.29, 0.717) is 48.5 Å². The Morgan fingerprint density at radius 2 is 1.92 bits per heavy atom. The number of nitrogens with one attached hydrogen (secondary N) is 1. The number of piperidine rings is 1. The number of hydrogen-bond donors (Lipinski definition) is 1. The Balaban J connectivity index is 1.29. The van der Waals surface area contributed by atoms with Crippen molar-refractivity contribution in [3.05, 3.63) is 59.7 Å². The summed E-state index contributed by atoms with van der Waals surface area (Å²) in [6.45, 7) is 6.57. The van der Waals surface area contributed by atoms with Crippen LogP contribution in [0.25, 0.3) is 5.65 Å². The molecule has 2 aliphatic heterocycles. The Kier molecular flexibility index (Phi) is 6.93. The topological polar surface area (TPSA) is 92.1 Å². The molecule has 2 amide bonds. The number of halogens is 2. The van der Waals surface area contributed by atoms with Crippen molar-refractivity contribution in [1.82, 2.24) is 24.8 Å². The Morgan fingerprint density at radius 1 is 1.16 bits per heavy atom. The van der Waals surface area contributed by atoms with E-state index in [1.165, 1.54) is 22.8 Å². The van der Waals surface area contributed by atoms with Crippen molar-refractivity contribution in [3.8, 4) is 0 Å². The first-order valence-corrected chi connectivity index (χ1v) is 12.9. The minimum atomic E-state index is -1.08. The molecule has 1 N–H and O–H groups in total. The smallest absolute Gasteiger partial charge is 0.410 e. The maximum atomic E-state index is 14.5. The Morgan fingerprint density at radius 3 is 2.63 bits per heavy atom. The number of rotatable bonds is 4. The van der Waals surface area contributed by atoms with Gasteiger partial charge in [-0.05, 0) is 57.4 Å². The summed E-state index contributed by atoms with van der Waals surface area (Å²) in [5.74, 6) is -0.196. The predicted octanol–water partition coefficient (Wildman–Crippen LogP) is 4.29. The minimum Gasteiger partial charge on any atom is -0.444 e. The van der Waals surface area contributed by atoms with Gasteiger partial charge in [0.2, 0.25) is 0 Å². The summed E-state index contributed by atoms with van der Waals surface area (Å²) in [5.41, 5.74) is 0.775. The van der Waals surface area contributed by atoms with Crippen LogP contribution in [0.1, 0.15) is 62.0 Å². The van der Waals surface area contributed by atoms with E-state index in [-0.39, 0.29) is 42.9 Å². The van der Waals surface area contributed by atoms with E-state index in [9.17, 15) is 18.4 Å². The Hall–Kier alpha value is -3.76. The lowest BCUT2D eigenvalue weighted by atomic mass is 10.0. The lowest BCUT2D eigenvalue weighted by Crippen LogP contribution is -2.47. The van der Waals surface area contributed by atoms with Crippen LogP contribution in [0, 0.1) is 5.82 Å². The summed E-state index contributed by atoms with van der Waals surface area (Å²) >= 11 is 0. The number of hydrogen-bond acceptors (Lipinski definition) is 6. The van der Waals surface area contributed by atoms with Crippen molar-refractivity contribution in [2.24, 2.45) is 0 Å². The molecule has 0 radical (unpaired) electrons. The average molecular weight is 527 g/mol. The van der Waals surface area contributed by atoms with Crippen LogP contribution in [-0.4, -0.2) is 68.9 Å². The molecule has 0 spiro atoms. The first kappa shape index (κ1) is 25.9. The number of benzene rings is 1. The molecule has 0 aliphatic carbocycles. The van der Waals surface area contributed by atoms with E-state index in [1.54, 1.807) is 34.2 Å². The molecule has 3 aromatic rings. The van der Waals surface area contributed by atoms with Crippen molar-refractivity contribution >= 4 is 23.5 Å². The van der Waals surface area contributed by atoms with Crippen LogP contribution >= 0.6 is 0 Å². The fourth-order valence-corrected chi connectivity index (χ4v) is 5.04. The maximum Gasteiger partial charge on any atom is 0.410 e. The van der Waals surface area contributed by atoms with Gasteiger partial charge in [0, 0.05) is 31.7 Å². The molecule has 1 unspecified atom stereocenters. The van der Waals surface area contributed by atoms with Gasteiger partial charge in [-0.3, -0.25) is 4.79 Å². The molecule has 0 bridgehead atoms. The second-order valence-corrected chi connectivity index (χ2v) is 10.9. The van der Waals surface area contributed by atoms with Crippen LogP contribution in [0.2, 0.25) is 0 Å². The van der Waals surface area contributed by atoms with Crippen molar-refractivity contribution in [3.63, 3.8) is 0 Å². The molecule has 202 valence electrons. The summed E-state index contributed by atoms with van der Waals surface area (Å²) in [6, 6.07) is 7.41. The molecule has 1 aromatic carbocycles. The van der Waals surface area contributed by atoms with Gasteiger partial charge in [-0.15, -0.1) is 0 Å². The van der Waals surface area contributed by atoms with Crippen molar-refractivity contribution in [1.29, 1.82) is 0 Å². The minimum absolute atomic E-state index is 0.109. The first-order valence-electron chi connectivity index (χ1n) is 12.9. The van der Waals surface area contributed by atoms with E-state index in [1.807, 2.05) is 20.8 Å². The number of carbonyl (C=O) groups is 2. The van der Waals surface area contributed by atoms with Crippen molar-refractivity contribution < 1.29 is 23.1 Å². The summed E-state index contributed by atoms with van der Waals surface area (Å²) in [4.78, 5) is 33.6. The fourth-order valence-electron chi connectivity index (χ4n) is 5.04. The first-order chi connectivity index (χ1) is 18.1. The van der Waals surface area contributed by atoms with Crippen LogP contribution in [0.15, 0.2) is 42.7 Å². The highest BCUT2D eigenvalue weighted by molar-refractivity contribution is 6.00. The summed E-state index contributed by atoms with van der Waals surface area (Å²) in [7, 11) is 0. The number of fused-ring (bicyclic) bond motifs is 1. The van der Waals surface area contributed by atoms with Gasteiger partial charge in [0.15, 0.2) is 5.65 Å². The molecule has 11 heteroatoms. The monoisotopic (exact) mass is 526 g/mol. The maximum absolute atomic E-state index is 14.5. The van der Waals surface area contributed by atoms with Crippen LogP contribution < -0.4 is 10.2 Å². The van der Waals surface area contributed by atoms with Crippen LogP contribution in [0.3, 0.4) is 0 Å². The number of alkyl halides is 1. The third-order valence-electron chi connectivity index (χ3n) is 6.86. The third-order valence-corrected chi connectivity index (χ3v) is 6.86. The normalized spacial score (nSPS) is 20.7. The van der Waals surface area contributed by atoms with Crippen molar-refractivity contribution in [2.45, 2.75) is 63.9 Å². The van der Waals surface area contributed by atoms with Crippen LogP contribution in [-0.2, 0) is 4.74 Å². The number of carbonyl (C=O) groups excluding carboxylic acids is 2. The molecular formula is C27H32F2N6O3. The SMILES string of the molecule is CC(C)(C)OC(=O)N1CCC(NC(=O)c2cnn3ccc(N4C[C@@H](F)CC4c4cccc(F)c4)nc23)CC1. The van der Waals surface area contributed by atoms with Gasteiger partial charge in [-0.1, -0.05) is 12.1 Å². The molecule has 5 rings (SSSR count).